The predicted molar refractivity (Wildman–Crippen MR) is 172 cm³/mol. The molecule has 2 N–H and O–H groups in total. The van der Waals surface area contributed by atoms with Crippen LogP contribution in [0, 0.1) is 6.92 Å². The summed E-state index contributed by atoms with van der Waals surface area (Å²) in [6, 6.07) is 10.6. The van der Waals surface area contributed by atoms with E-state index in [9.17, 15) is 0 Å². The molecule has 0 unspecified atom stereocenters. The van der Waals surface area contributed by atoms with Gasteiger partial charge in [0.2, 0.25) is 0 Å². The molecule has 1 aliphatic rings. The number of H-pyrrole nitrogens is 1. The summed E-state index contributed by atoms with van der Waals surface area (Å²) in [5.41, 5.74) is 3.28. The molecule has 0 bridgehead atoms. The van der Waals surface area contributed by atoms with E-state index >= 15 is 0 Å². The molecular formula is C31H43N7OS2. The van der Waals surface area contributed by atoms with Crippen LogP contribution in [0.2, 0.25) is 0 Å². The molecule has 0 radical (unpaired) electrons. The molecular weight excluding hydrogens is 551 g/mol. The molecule has 220 valence electrons. The lowest BCUT2D eigenvalue weighted by atomic mass is 9.92. The molecule has 4 rings (SSSR count). The van der Waals surface area contributed by atoms with Crippen molar-refractivity contribution in [3.8, 4) is 5.75 Å². The average molecular weight is 594 g/mol. The first-order chi connectivity index (χ1) is 19.9. The van der Waals surface area contributed by atoms with Crippen LogP contribution in [-0.4, -0.2) is 83.1 Å². The zero-order chi connectivity index (χ0) is 29.2. The number of likely N-dealkylation sites (N-methyl/N-ethyl adjacent to an activating group) is 1. The van der Waals surface area contributed by atoms with Crippen LogP contribution in [0.3, 0.4) is 0 Å². The summed E-state index contributed by atoms with van der Waals surface area (Å²) in [5, 5.41) is 11.4. The lowest BCUT2D eigenvalue weighted by Gasteiger charge is -2.33. The fourth-order valence-corrected chi connectivity index (χ4v) is 6.44. The fourth-order valence-electron chi connectivity index (χ4n) is 4.75. The summed E-state index contributed by atoms with van der Waals surface area (Å²) in [4.78, 5) is 17.1. The van der Waals surface area contributed by atoms with Crippen molar-refractivity contribution in [1.82, 2.24) is 30.0 Å². The summed E-state index contributed by atoms with van der Waals surface area (Å²) < 4.78 is 5.94. The second-order valence-electron chi connectivity index (χ2n) is 10.5. The number of methoxy groups -OCH3 is 1. The smallest absolute Gasteiger partial charge is 0.194 e. The van der Waals surface area contributed by atoms with Crippen LogP contribution in [0.5, 0.6) is 5.75 Å². The van der Waals surface area contributed by atoms with E-state index in [0.717, 1.165) is 61.1 Å². The quantitative estimate of drug-likeness (QED) is 0.127. The van der Waals surface area contributed by atoms with Gasteiger partial charge in [-0.15, -0.1) is 11.8 Å². The summed E-state index contributed by atoms with van der Waals surface area (Å²) in [6.45, 7) is 10.4. The Kier molecular flexibility index (Phi) is 11.7. The number of thioether (sulfide) groups is 1. The minimum Gasteiger partial charge on any atom is -0.491 e. The van der Waals surface area contributed by atoms with Crippen molar-refractivity contribution < 1.29 is 4.74 Å². The van der Waals surface area contributed by atoms with Crippen LogP contribution >= 0.6 is 23.5 Å². The number of allylic oxidation sites excluding steroid dienone is 3. The largest absolute Gasteiger partial charge is 0.491 e. The molecule has 0 atom stereocenters. The molecule has 0 amide bonds. The minimum atomic E-state index is 0.307. The summed E-state index contributed by atoms with van der Waals surface area (Å²) in [6.07, 6.45) is 8.50. The number of anilines is 2. The van der Waals surface area contributed by atoms with Crippen molar-refractivity contribution in [3.05, 3.63) is 65.5 Å². The normalized spacial score (nSPS) is 15.2. The van der Waals surface area contributed by atoms with E-state index < -0.39 is 0 Å². The van der Waals surface area contributed by atoms with E-state index in [1.807, 2.05) is 24.8 Å². The molecule has 41 heavy (non-hydrogen) atoms. The van der Waals surface area contributed by atoms with Crippen LogP contribution in [0.15, 0.2) is 69.1 Å². The highest BCUT2D eigenvalue weighted by molar-refractivity contribution is 7.99. The van der Waals surface area contributed by atoms with Gasteiger partial charge in [0.15, 0.2) is 22.5 Å². The number of benzene rings is 1. The van der Waals surface area contributed by atoms with E-state index in [4.69, 9.17) is 14.7 Å². The van der Waals surface area contributed by atoms with Gasteiger partial charge in [-0.2, -0.15) is 5.10 Å². The van der Waals surface area contributed by atoms with Crippen LogP contribution in [0.1, 0.15) is 44.0 Å². The van der Waals surface area contributed by atoms with Crippen LogP contribution in [0.25, 0.3) is 0 Å². The Hall–Kier alpha value is -2.79. The second-order valence-corrected chi connectivity index (χ2v) is 12.6. The number of piperidine rings is 1. The third-order valence-corrected chi connectivity index (χ3v) is 9.01. The first kappa shape index (κ1) is 31.2. The number of aromatic amines is 1. The molecule has 0 spiro atoms. The highest BCUT2D eigenvalue weighted by atomic mass is 32.2. The molecule has 3 heterocycles. The molecule has 1 aliphatic heterocycles. The Morgan fingerprint density at radius 1 is 1.15 bits per heavy atom. The van der Waals surface area contributed by atoms with Gasteiger partial charge in [0, 0.05) is 46.3 Å². The van der Waals surface area contributed by atoms with Crippen LogP contribution in [0.4, 0.5) is 11.6 Å². The Morgan fingerprint density at radius 3 is 2.49 bits per heavy atom. The topological polar surface area (TPSA) is 82.2 Å². The summed E-state index contributed by atoms with van der Waals surface area (Å²) >= 11 is 3.42. The third-order valence-electron chi connectivity index (χ3n) is 7.06. The van der Waals surface area contributed by atoms with Gasteiger partial charge in [-0.05, 0) is 102 Å². The van der Waals surface area contributed by atoms with Gasteiger partial charge in [-0.3, -0.25) is 5.10 Å². The van der Waals surface area contributed by atoms with E-state index in [1.165, 1.54) is 10.5 Å². The highest BCUT2D eigenvalue weighted by Gasteiger charge is 2.28. The Morgan fingerprint density at radius 2 is 1.88 bits per heavy atom. The molecule has 1 aromatic carbocycles. The summed E-state index contributed by atoms with van der Waals surface area (Å²) in [7, 11) is 5.96. The Balaban J connectivity index is 1.55. The average Bonchev–Trinajstić information content (AvgIpc) is 3.39. The highest BCUT2D eigenvalue weighted by Crippen LogP contribution is 2.40. The van der Waals surface area contributed by atoms with Gasteiger partial charge in [-0.1, -0.05) is 18.2 Å². The third kappa shape index (κ3) is 9.10. The fraction of sp³-hybridized carbons (Fsp3) is 0.452. The number of ether oxygens (including phenoxy) is 1. The maximum Gasteiger partial charge on any atom is 0.194 e. The number of hydrogen-bond acceptors (Lipinski definition) is 9. The van der Waals surface area contributed by atoms with Crippen molar-refractivity contribution in [1.29, 1.82) is 0 Å². The van der Waals surface area contributed by atoms with Crippen molar-refractivity contribution in [2.75, 3.05) is 58.5 Å². The molecule has 10 heteroatoms. The van der Waals surface area contributed by atoms with Gasteiger partial charge in [-0.25, -0.2) is 9.97 Å². The SMILES string of the molecule is C/C=C\C(=C/C)CSc1ccc(Sc2nc(Nc3cc(C)[nH]n3)c(OC)c(C3CCN(CCN(C)C)CC3)n2)cc1. The number of rotatable bonds is 13. The molecule has 2 aromatic heterocycles. The number of aryl methyl sites for hydroxylation is 1. The number of aromatic nitrogens is 4. The number of nitrogens with zero attached hydrogens (tertiary/aromatic N) is 5. The van der Waals surface area contributed by atoms with Gasteiger partial charge < -0.3 is 19.9 Å². The van der Waals surface area contributed by atoms with Crippen LogP contribution in [-0.2, 0) is 0 Å². The number of nitrogens with one attached hydrogen (secondary N) is 2. The molecule has 8 nitrogen and oxygen atoms in total. The molecule has 1 fully saturated rings. The van der Waals surface area contributed by atoms with E-state index in [-0.39, 0.29) is 0 Å². The van der Waals surface area contributed by atoms with E-state index in [1.54, 1.807) is 18.9 Å². The molecule has 3 aromatic rings. The van der Waals surface area contributed by atoms with E-state index in [0.29, 0.717) is 28.5 Å². The van der Waals surface area contributed by atoms with Crippen molar-refractivity contribution in [2.45, 2.75) is 54.5 Å². The number of hydrogen-bond donors (Lipinski definition) is 2. The Bertz CT molecular complexity index is 1310. The second kappa shape index (κ2) is 15.4. The number of likely N-dealkylation sites (tertiary alicyclic amines) is 1. The van der Waals surface area contributed by atoms with Gasteiger partial charge in [0.1, 0.15) is 0 Å². The molecule has 0 saturated carbocycles. The lowest BCUT2D eigenvalue weighted by Crippen LogP contribution is -2.37. The first-order valence-electron chi connectivity index (χ1n) is 14.2. The van der Waals surface area contributed by atoms with Crippen molar-refractivity contribution in [2.24, 2.45) is 0 Å². The zero-order valence-corrected chi connectivity index (χ0v) is 26.7. The van der Waals surface area contributed by atoms with Gasteiger partial charge in [0.05, 0.1) is 12.8 Å². The minimum absolute atomic E-state index is 0.307. The van der Waals surface area contributed by atoms with Gasteiger partial charge in [0.25, 0.3) is 0 Å². The maximum absolute atomic E-state index is 5.94. The molecule has 0 aliphatic carbocycles. The summed E-state index contributed by atoms with van der Waals surface area (Å²) in [5.74, 6) is 3.32. The lowest BCUT2D eigenvalue weighted by molar-refractivity contribution is 0.191. The van der Waals surface area contributed by atoms with Crippen molar-refractivity contribution in [3.63, 3.8) is 0 Å². The molecule has 1 saturated heterocycles. The maximum atomic E-state index is 5.94. The van der Waals surface area contributed by atoms with Crippen LogP contribution < -0.4 is 10.1 Å². The standard InChI is InChI=1S/C31H43N7OS2/c1-7-9-23(8-2)21-40-25-10-12-26(13-11-25)41-31-33-28(24-14-16-38(17-15-24)19-18-37(4)5)29(39-6)30(34-31)32-27-20-22(3)35-36-27/h7-13,20,24H,14-19,21H2,1-6H3,(H2,32,33,34,35,36)/b9-7-,23-8+. The predicted octanol–water partition coefficient (Wildman–Crippen LogP) is 6.77. The Labute approximate surface area is 253 Å². The van der Waals surface area contributed by atoms with Gasteiger partial charge >= 0.3 is 0 Å². The van der Waals surface area contributed by atoms with Crippen molar-refractivity contribution >= 4 is 35.2 Å². The van der Waals surface area contributed by atoms with E-state index in [2.05, 4.69) is 95.8 Å². The first-order valence-corrected chi connectivity index (χ1v) is 16.0. The monoisotopic (exact) mass is 593 g/mol. The zero-order valence-electron chi connectivity index (χ0n) is 25.1.